The second-order valence-electron chi connectivity index (χ2n) is 4.32. The van der Waals surface area contributed by atoms with Gasteiger partial charge in [-0.3, -0.25) is 9.59 Å². The first-order chi connectivity index (χ1) is 9.65. The minimum atomic E-state index is -0.497. The van der Waals surface area contributed by atoms with E-state index >= 15 is 0 Å². The van der Waals surface area contributed by atoms with Crippen LogP contribution in [0.3, 0.4) is 0 Å². The molecule has 0 aromatic heterocycles. The van der Waals surface area contributed by atoms with Gasteiger partial charge in [0.25, 0.3) is 5.91 Å². The van der Waals surface area contributed by atoms with Crippen molar-refractivity contribution in [2.45, 2.75) is 32.6 Å². The number of carbonyl (C=O) groups excluding carboxylic acids is 2. The zero-order valence-electron chi connectivity index (χ0n) is 11.8. The fourth-order valence-electron chi connectivity index (χ4n) is 1.76. The molecule has 0 aliphatic rings. The fourth-order valence-corrected chi connectivity index (χ4v) is 1.76. The summed E-state index contributed by atoms with van der Waals surface area (Å²) in [6.07, 6.45) is 2.90. The monoisotopic (exact) mass is 279 g/mol. The number of esters is 1. The van der Waals surface area contributed by atoms with Crippen molar-refractivity contribution in [2.75, 3.05) is 13.2 Å². The minimum Gasteiger partial charge on any atom is -0.493 e. The summed E-state index contributed by atoms with van der Waals surface area (Å²) < 4.78 is 10.4. The summed E-state index contributed by atoms with van der Waals surface area (Å²) in [7, 11) is 0. The van der Waals surface area contributed by atoms with Crippen molar-refractivity contribution in [2.24, 2.45) is 5.73 Å². The molecule has 1 rings (SSSR count). The van der Waals surface area contributed by atoms with Gasteiger partial charge in [0, 0.05) is 6.42 Å². The molecule has 0 saturated heterocycles. The normalized spacial score (nSPS) is 10.1. The molecule has 110 valence electrons. The van der Waals surface area contributed by atoms with Crippen LogP contribution in [-0.4, -0.2) is 25.1 Å². The Morgan fingerprint density at radius 2 is 1.90 bits per heavy atom. The third kappa shape index (κ3) is 5.73. The van der Waals surface area contributed by atoms with Crippen molar-refractivity contribution in [3.8, 4) is 5.75 Å². The van der Waals surface area contributed by atoms with E-state index in [9.17, 15) is 9.59 Å². The highest BCUT2D eigenvalue weighted by atomic mass is 16.5. The van der Waals surface area contributed by atoms with Crippen LogP contribution in [0.5, 0.6) is 5.75 Å². The van der Waals surface area contributed by atoms with Crippen molar-refractivity contribution in [1.82, 2.24) is 0 Å². The Morgan fingerprint density at radius 1 is 1.15 bits per heavy atom. The Hall–Kier alpha value is -2.04. The van der Waals surface area contributed by atoms with E-state index in [1.165, 1.54) is 0 Å². The van der Waals surface area contributed by atoms with Crippen LogP contribution < -0.4 is 10.5 Å². The van der Waals surface area contributed by atoms with Crippen LogP contribution in [0.1, 0.15) is 43.0 Å². The molecule has 0 saturated carbocycles. The predicted molar refractivity (Wildman–Crippen MR) is 75.6 cm³/mol. The van der Waals surface area contributed by atoms with Crippen LogP contribution in [0.4, 0.5) is 0 Å². The highest BCUT2D eigenvalue weighted by Crippen LogP contribution is 2.17. The zero-order chi connectivity index (χ0) is 14.8. The molecule has 0 unspecified atom stereocenters. The maximum absolute atomic E-state index is 11.2. The summed E-state index contributed by atoms with van der Waals surface area (Å²) in [5.41, 5.74) is 5.65. The van der Waals surface area contributed by atoms with Gasteiger partial charge in [-0.2, -0.15) is 0 Å². The Morgan fingerprint density at radius 3 is 2.60 bits per heavy atom. The van der Waals surface area contributed by atoms with Gasteiger partial charge < -0.3 is 15.2 Å². The number of benzene rings is 1. The molecule has 5 heteroatoms. The van der Waals surface area contributed by atoms with Gasteiger partial charge in [0.2, 0.25) is 0 Å². The highest BCUT2D eigenvalue weighted by Gasteiger charge is 2.07. The first kappa shape index (κ1) is 16.0. The van der Waals surface area contributed by atoms with E-state index in [0.29, 0.717) is 30.9 Å². The van der Waals surface area contributed by atoms with Crippen LogP contribution >= 0.6 is 0 Å². The van der Waals surface area contributed by atoms with Gasteiger partial charge in [-0.05, 0) is 38.3 Å². The lowest BCUT2D eigenvalue weighted by molar-refractivity contribution is -0.143. The number of carbonyl (C=O) groups is 2. The number of hydrogen-bond acceptors (Lipinski definition) is 4. The van der Waals surface area contributed by atoms with Gasteiger partial charge in [0.15, 0.2) is 0 Å². The number of hydrogen-bond donors (Lipinski definition) is 1. The van der Waals surface area contributed by atoms with Crippen molar-refractivity contribution in [3.05, 3.63) is 29.8 Å². The molecule has 1 aromatic carbocycles. The van der Waals surface area contributed by atoms with Crippen molar-refractivity contribution in [1.29, 1.82) is 0 Å². The van der Waals surface area contributed by atoms with Crippen LogP contribution in [0.15, 0.2) is 24.3 Å². The van der Waals surface area contributed by atoms with Gasteiger partial charge >= 0.3 is 5.97 Å². The molecule has 0 fully saturated rings. The lowest BCUT2D eigenvalue weighted by atomic mass is 10.2. The van der Waals surface area contributed by atoms with Gasteiger partial charge in [0.1, 0.15) is 5.75 Å². The van der Waals surface area contributed by atoms with E-state index in [1.54, 1.807) is 31.2 Å². The topological polar surface area (TPSA) is 78.6 Å². The quantitative estimate of drug-likeness (QED) is 0.555. The molecule has 1 amide bonds. The number of unbranched alkanes of at least 4 members (excludes halogenated alkanes) is 2. The lowest BCUT2D eigenvalue weighted by Crippen LogP contribution is -2.13. The van der Waals surface area contributed by atoms with Crippen LogP contribution in [0.2, 0.25) is 0 Å². The number of para-hydroxylation sites is 1. The molecule has 0 aliphatic carbocycles. The van der Waals surface area contributed by atoms with Gasteiger partial charge in [0.05, 0.1) is 18.8 Å². The summed E-state index contributed by atoms with van der Waals surface area (Å²) >= 11 is 0. The molecule has 0 heterocycles. The van der Waals surface area contributed by atoms with E-state index in [-0.39, 0.29) is 5.97 Å². The molecule has 0 bridgehead atoms. The Kier molecular flexibility index (Phi) is 7.17. The van der Waals surface area contributed by atoms with Crippen LogP contribution in [-0.2, 0) is 9.53 Å². The van der Waals surface area contributed by atoms with E-state index in [2.05, 4.69) is 0 Å². The van der Waals surface area contributed by atoms with Crippen molar-refractivity contribution < 1.29 is 19.1 Å². The maximum atomic E-state index is 11.2. The highest BCUT2D eigenvalue weighted by molar-refractivity contribution is 5.95. The van der Waals surface area contributed by atoms with Gasteiger partial charge in [-0.1, -0.05) is 12.1 Å². The van der Waals surface area contributed by atoms with Crippen LogP contribution in [0.25, 0.3) is 0 Å². The standard InChI is InChI=1S/C15H21NO4/c1-2-19-14(17)10-4-3-7-11-20-13-9-6-5-8-12(13)15(16)18/h5-6,8-9H,2-4,7,10-11H2,1H3,(H2,16,18). The number of nitrogens with two attached hydrogens (primary N) is 1. The van der Waals surface area contributed by atoms with E-state index in [1.807, 2.05) is 0 Å². The molecular weight excluding hydrogens is 258 g/mol. The fraction of sp³-hybridized carbons (Fsp3) is 0.467. The summed E-state index contributed by atoms with van der Waals surface area (Å²) in [6.45, 7) is 2.71. The smallest absolute Gasteiger partial charge is 0.305 e. The number of amides is 1. The number of rotatable bonds is 9. The summed E-state index contributed by atoms with van der Waals surface area (Å²) in [4.78, 5) is 22.3. The summed E-state index contributed by atoms with van der Waals surface area (Å²) in [5, 5.41) is 0. The number of primary amides is 1. The molecule has 1 aromatic rings. The predicted octanol–water partition coefficient (Wildman–Crippen LogP) is 2.29. The molecular formula is C15H21NO4. The third-order valence-corrected chi connectivity index (χ3v) is 2.74. The maximum Gasteiger partial charge on any atom is 0.305 e. The third-order valence-electron chi connectivity index (χ3n) is 2.74. The number of ether oxygens (including phenoxy) is 2. The first-order valence-corrected chi connectivity index (χ1v) is 6.82. The van der Waals surface area contributed by atoms with Crippen molar-refractivity contribution in [3.63, 3.8) is 0 Å². The second-order valence-corrected chi connectivity index (χ2v) is 4.32. The molecule has 5 nitrogen and oxygen atoms in total. The Balaban J connectivity index is 2.22. The van der Waals surface area contributed by atoms with Crippen molar-refractivity contribution >= 4 is 11.9 Å². The van der Waals surface area contributed by atoms with E-state index < -0.39 is 5.91 Å². The average molecular weight is 279 g/mol. The second kappa shape index (κ2) is 8.96. The molecule has 20 heavy (non-hydrogen) atoms. The lowest BCUT2D eigenvalue weighted by Gasteiger charge is -2.09. The molecule has 0 spiro atoms. The summed E-state index contributed by atoms with van der Waals surface area (Å²) in [6, 6.07) is 6.89. The molecule has 0 aliphatic heterocycles. The minimum absolute atomic E-state index is 0.160. The largest absolute Gasteiger partial charge is 0.493 e. The first-order valence-electron chi connectivity index (χ1n) is 6.82. The zero-order valence-corrected chi connectivity index (χ0v) is 11.8. The molecule has 2 N–H and O–H groups in total. The van der Waals surface area contributed by atoms with Crippen LogP contribution in [0, 0.1) is 0 Å². The molecule has 0 radical (unpaired) electrons. The van der Waals surface area contributed by atoms with Gasteiger partial charge in [-0.25, -0.2) is 0 Å². The van der Waals surface area contributed by atoms with Gasteiger partial charge in [-0.15, -0.1) is 0 Å². The summed E-state index contributed by atoms with van der Waals surface area (Å²) in [5.74, 6) is -0.152. The SMILES string of the molecule is CCOC(=O)CCCCCOc1ccccc1C(N)=O. The van der Waals surface area contributed by atoms with E-state index in [4.69, 9.17) is 15.2 Å². The molecule has 0 atom stereocenters. The Labute approximate surface area is 119 Å². The Bertz CT molecular complexity index is 445. The average Bonchev–Trinajstić information content (AvgIpc) is 2.43. The van der Waals surface area contributed by atoms with E-state index in [0.717, 1.165) is 19.3 Å².